The monoisotopic (exact) mass is 258 g/mol. The van der Waals surface area contributed by atoms with Gasteiger partial charge in [0.25, 0.3) is 0 Å². The first-order valence-corrected chi connectivity index (χ1v) is 7.00. The van der Waals surface area contributed by atoms with Crippen molar-refractivity contribution >= 4 is 8.03 Å². The van der Waals surface area contributed by atoms with Gasteiger partial charge in [-0.05, 0) is 18.3 Å². The van der Waals surface area contributed by atoms with E-state index in [1.165, 1.54) is 6.92 Å². The first kappa shape index (κ1) is 14.0. The van der Waals surface area contributed by atoms with Crippen LogP contribution in [0.15, 0.2) is 0 Å². The summed E-state index contributed by atoms with van der Waals surface area (Å²) in [6.45, 7) is 1.48. The molecular formula is C10H18F3O2P. The molecule has 2 unspecified atom stereocenters. The van der Waals surface area contributed by atoms with Gasteiger partial charge in [0.2, 0.25) is 0 Å². The Kier molecular flexibility index (Phi) is 4.47. The molecule has 0 amide bonds. The van der Waals surface area contributed by atoms with Crippen LogP contribution < -0.4 is 0 Å². The average Bonchev–Trinajstić information content (AvgIpc) is 2.15. The van der Waals surface area contributed by atoms with E-state index in [0.717, 1.165) is 19.3 Å². The van der Waals surface area contributed by atoms with Gasteiger partial charge in [-0.1, -0.05) is 26.2 Å². The predicted molar refractivity (Wildman–Crippen MR) is 56.9 cm³/mol. The lowest BCUT2D eigenvalue weighted by Crippen LogP contribution is -2.37. The molecule has 0 aromatic carbocycles. The summed E-state index contributed by atoms with van der Waals surface area (Å²) in [5.74, 6) is 0. The summed E-state index contributed by atoms with van der Waals surface area (Å²) in [6.07, 6.45) is -1.93. The van der Waals surface area contributed by atoms with E-state index in [-0.39, 0.29) is 0 Å². The van der Waals surface area contributed by atoms with Crippen molar-refractivity contribution in [3.05, 3.63) is 0 Å². The molecule has 6 heteroatoms. The van der Waals surface area contributed by atoms with Crippen LogP contribution in [0.2, 0.25) is 0 Å². The maximum absolute atomic E-state index is 12.5. The number of hydrogen-bond donors (Lipinski definition) is 1. The Labute approximate surface area is 94.1 Å². The van der Waals surface area contributed by atoms with Crippen LogP contribution in [0.4, 0.5) is 13.2 Å². The van der Waals surface area contributed by atoms with Crippen LogP contribution in [0.3, 0.4) is 0 Å². The summed E-state index contributed by atoms with van der Waals surface area (Å²) in [6, 6.07) is 0. The van der Waals surface area contributed by atoms with Crippen molar-refractivity contribution in [1.29, 1.82) is 0 Å². The van der Waals surface area contributed by atoms with Crippen molar-refractivity contribution in [3.8, 4) is 0 Å². The van der Waals surface area contributed by atoms with Crippen LogP contribution in [-0.4, -0.2) is 16.7 Å². The van der Waals surface area contributed by atoms with Crippen molar-refractivity contribution < 1.29 is 22.6 Å². The minimum atomic E-state index is -4.25. The smallest absolute Gasteiger partial charge is 0.346 e. The Balaban J connectivity index is 2.87. The zero-order valence-corrected chi connectivity index (χ0v) is 10.3. The summed E-state index contributed by atoms with van der Waals surface area (Å²) < 4.78 is 48.7. The Morgan fingerprint density at radius 2 is 1.81 bits per heavy atom. The molecule has 1 fully saturated rings. The van der Waals surface area contributed by atoms with Crippen molar-refractivity contribution in [1.82, 2.24) is 0 Å². The van der Waals surface area contributed by atoms with E-state index in [4.69, 9.17) is 4.89 Å². The third-order valence-electron chi connectivity index (χ3n) is 3.69. The first-order chi connectivity index (χ1) is 7.27. The van der Waals surface area contributed by atoms with Crippen molar-refractivity contribution in [2.45, 2.75) is 57.3 Å². The van der Waals surface area contributed by atoms with E-state index in [2.05, 4.69) is 0 Å². The van der Waals surface area contributed by atoms with E-state index in [1.807, 2.05) is 0 Å². The van der Waals surface area contributed by atoms with Gasteiger partial charge in [0, 0.05) is 12.1 Å². The van der Waals surface area contributed by atoms with Crippen LogP contribution in [0.1, 0.15) is 45.4 Å². The van der Waals surface area contributed by atoms with Gasteiger partial charge in [-0.3, -0.25) is 4.57 Å². The largest absolute Gasteiger partial charge is 0.389 e. The summed E-state index contributed by atoms with van der Waals surface area (Å²) >= 11 is 0. The molecule has 2 atom stereocenters. The maximum atomic E-state index is 12.5. The standard InChI is InChI=1S/C10H18F3O2P/c1-8(16(14)15)9(7-10(11,12)13)5-3-2-4-6-9/h8,16H,2-7H2,1H3,(H,14,15). The number of alkyl halides is 3. The highest BCUT2D eigenvalue weighted by Crippen LogP contribution is 2.52. The molecule has 0 heterocycles. The Morgan fingerprint density at radius 3 is 2.19 bits per heavy atom. The highest BCUT2D eigenvalue weighted by atomic mass is 31.1. The molecule has 1 rings (SSSR count). The van der Waals surface area contributed by atoms with Gasteiger partial charge in [-0.15, -0.1) is 0 Å². The van der Waals surface area contributed by atoms with Crippen molar-refractivity contribution in [2.75, 3.05) is 0 Å². The molecule has 16 heavy (non-hydrogen) atoms. The summed E-state index contributed by atoms with van der Waals surface area (Å²) in [5.41, 5.74) is -1.74. The molecule has 1 N–H and O–H groups in total. The zero-order chi connectivity index (χ0) is 12.4. The Bertz CT molecular complexity index is 259. The third-order valence-corrected chi connectivity index (χ3v) is 5.04. The lowest BCUT2D eigenvalue weighted by atomic mass is 9.69. The molecule has 1 aliphatic rings. The molecule has 0 saturated heterocycles. The summed E-state index contributed by atoms with van der Waals surface area (Å²) in [5, 5.41) is 0. The van der Waals surface area contributed by atoms with Gasteiger partial charge in [-0.25, -0.2) is 0 Å². The maximum Gasteiger partial charge on any atom is 0.389 e. The van der Waals surface area contributed by atoms with Gasteiger partial charge in [0.1, 0.15) is 0 Å². The zero-order valence-electron chi connectivity index (χ0n) is 9.31. The van der Waals surface area contributed by atoms with Gasteiger partial charge in [0.15, 0.2) is 8.03 Å². The molecule has 1 saturated carbocycles. The Morgan fingerprint density at radius 1 is 1.31 bits per heavy atom. The number of hydrogen-bond acceptors (Lipinski definition) is 1. The molecule has 0 spiro atoms. The lowest BCUT2D eigenvalue weighted by Gasteiger charge is -2.41. The molecule has 0 aliphatic heterocycles. The van der Waals surface area contributed by atoms with Gasteiger partial charge >= 0.3 is 6.18 Å². The second kappa shape index (κ2) is 5.09. The molecule has 0 aromatic rings. The van der Waals surface area contributed by atoms with Crippen LogP contribution >= 0.6 is 8.03 Å². The quantitative estimate of drug-likeness (QED) is 0.783. The minimum Gasteiger partial charge on any atom is -0.346 e. The number of rotatable bonds is 3. The van der Waals surface area contributed by atoms with E-state index in [1.54, 1.807) is 0 Å². The predicted octanol–water partition coefficient (Wildman–Crippen LogP) is 3.74. The normalized spacial score (nSPS) is 25.1. The van der Waals surface area contributed by atoms with Crippen LogP contribution in [0.25, 0.3) is 0 Å². The molecule has 2 nitrogen and oxygen atoms in total. The van der Waals surface area contributed by atoms with Crippen LogP contribution in [0, 0.1) is 5.41 Å². The fraction of sp³-hybridized carbons (Fsp3) is 1.00. The van der Waals surface area contributed by atoms with Gasteiger partial charge < -0.3 is 4.89 Å². The second-order valence-electron chi connectivity index (χ2n) is 4.77. The SMILES string of the molecule is CC([PH](=O)O)C1(CC(F)(F)F)CCCCC1. The van der Waals surface area contributed by atoms with E-state index in [0.29, 0.717) is 12.8 Å². The molecule has 96 valence electrons. The van der Waals surface area contributed by atoms with E-state index in [9.17, 15) is 17.7 Å². The van der Waals surface area contributed by atoms with Crippen LogP contribution in [-0.2, 0) is 4.57 Å². The summed E-state index contributed by atoms with van der Waals surface area (Å²) in [4.78, 5) is 9.11. The fourth-order valence-corrected chi connectivity index (χ4v) is 3.59. The highest BCUT2D eigenvalue weighted by Gasteiger charge is 2.47. The number of halogens is 3. The third kappa shape index (κ3) is 3.49. The molecule has 0 aromatic heterocycles. The second-order valence-corrected chi connectivity index (χ2v) is 6.32. The van der Waals surface area contributed by atoms with Gasteiger partial charge in [0.05, 0.1) is 0 Å². The lowest BCUT2D eigenvalue weighted by molar-refractivity contribution is -0.162. The Hall–Kier alpha value is -0.0200. The first-order valence-electron chi connectivity index (χ1n) is 5.56. The molecule has 0 bridgehead atoms. The van der Waals surface area contributed by atoms with E-state index < -0.39 is 31.7 Å². The molecule has 1 aliphatic carbocycles. The average molecular weight is 258 g/mol. The topological polar surface area (TPSA) is 37.3 Å². The molecule has 0 radical (unpaired) electrons. The van der Waals surface area contributed by atoms with E-state index >= 15 is 0 Å². The van der Waals surface area contributed by atoms with Crippen molar-refractivity contribution in [2.24, 2.45) is 5.41 Å². The highest BCUT2D eigenvalue weighted by molar-refractivity contribution is 7.38. The van der Waals surface area contributed by atoms with Gasteiger partial charge in [-0.2, -0.15) is 13.2 Å². The summed E-state index contributed by atoms with van der Waals surface area (Å²) in [7, 11) is -2.89. The minimum absolute atomic E-state index is 0.421. The van der Waals surface area contributed by atoms with Crippen LogP contribution in [0.5, 0.6) is 0 Å². The van der Waals surface area contributed by atoms with Crippen molar-refractivity contribution in [3.63, 3.8) is 0 Å². The fourth-order valence-electron chi connectivity index (χ4n) is 2.68. The molecular weight excluding hydrogens is 240 g/mol.